The molecule has 7 heteroatoms. The highest BCUT2D eigenvalue weighted by Gasteiger charge is 1.94. The minimum absolute atomic E-state index is 0.408. The Morgan fingerprint density at radius 1 is 1.60 bits per heavy atom. The molecule has 4 nitrogen and oxygen atoms in total. The van der Waals surface area contributed by atoms with Crippen LogP contribution in [0.2, 0.25) is 0 Å². The van der Waals surface area contributed by atoms with E-state index in [2.05, 4.69) is 3.63 Å². The maximum atomic E-state index is 9.76. The van der Waals surface area contributed by atoms with Crippen molar-refractivity contribution >= 4 is 34.0 Å². The maximum absolute atomic E-state index is 9.76. The van der Waals surface area contributed by atoms with E-state index in [0.717, 1.165) is 0 Å². The minimum atomic E-state index is -4.53. The number of hydrogen-bond acceptors (Lipinski definition) is 5. The second-order valence-corrected chi connectivity index (χ2v) is 3.72. The van der Waals surface area contributed by atoms with Gasteiger partial charge in [0, 0.05) is 23.7 Å². The van der Waals surface area contributed by atoms with Gasteiger partial charge in [0.15, 0.2) is 0 Å². The van der Waals surface area contributed by atoms with Gasteiger partial charge in [-0.2, -0.15) is 0 Å². The van der Waals surface area contributed by atoms with E-state index < -0.39 is 10.4 Å². The van der Waals surface area contributed by atoms with Gasteiger partial charge in [-0.05, 0) is 6.42 Å². The van der Waals surface area contributed by atoms with Gasteiger partial charge in [-0.1, -0.05) is 0 Å². The molecular formula is C3H6ClO4S2-. The van der Waals surface area contributed by atoms with Gasteiger partial charge in [-0.25, -0.2) is 12.0 Å². The first-order chi connectivity index (χ1) is 4.56. The van der Waals surface area contributed by atoms with Gasteiger partial charge in [0.25, 0.3) is 0 Å². The molecule has 0 aromatic heterocycles. The smallest absolute Gasteiger partial charge is 0.228 e. The van der Waals surface area contributed by atoms with Crippen molar-refractivity contribution in [1.29, 1.82) is 0 Å². The van der Waals surface area contributed by atoms with E-state index in [-0.39, 0.29) is 0 Å². The summed E-state index contributed by atoms with van der Waals surface area (Å²) in [4.78, 5) is 0. The molecule has 0 saturated carbocycles. The Morgan fingerprint density at radius 3 is 2.60 bits per heavy atom. The molecule has 0 heterocycles. The highest BCUT2D eigenvalue weighted by Crippen LogP contribution is 2.07. The molecular weight excluding hydrogens is 200 g/mol. The van der Waals surface area contributed by atoms with Crippen LogP contribution in [-0.4, -0.2) is 24.6 Å². The van der Waals surface area contributed by atoms with Gasteiger partial charge in [-0.3, -0.25) is 0 Å². The van der Waals surface area contributed by atoms with Crippen molar-refractivity contribution in [2.45, 2.75) is 6.42 Å². The van der Waals surface area contributed by atoms with E-state index in [4.69, 9.17) is 11.6 Å². The first-order valence-electron chi connectivity index (χ1n) is 2.39. The molecule has 0 unspecified atom stereocenters. The second kappa shape index (κ2) is 5.20. The summed E-state index contributed by atoms with van der Waals surface area (Å²) in [5, 5.41) is 0. The fourth-order valence-corrected chi connectivity index (χ4v) is 1.50. The van der Waals surface area contributed by atoms with E-state index in [0.29, 0.717) is 30.1 Å². The fourth-order valence-electron chi connectivity index (χ4n) is 0.206. The second-order valence-electron chi connectivity index (χ2n) is 1.34. The number of hydrogen-bond donors (Lipinski definition) is 0. The molecule has 0 aliphatic heterocycles. The Bertz CT molecular complexity index is 165. The molecule has 0 fully saturated rings. The predicted molar refractivity (Wildman–Crippen MR) is 38.6 cm³/mol. The molecule has 0 spiro atoms. The zero-order chi connectivity index (χ0) is 8.04. The summed E-state index contributed by atoms with van der Waals surface area (Å²) in [5.41, 5.74) is 0. The predicted octanol–water partition coefficient (Wildman–Crippen LogP) is 0.740. The molecule has 0 aliphatic carbocycles. The summed E-state index contributed by atoms with van der Waals surface area (Å²) in [6.07, 6.45) is 0.613. The number of halogens is 1. The van der Waals surface area contributed by atoms with Crippen LogP contribution in [0.25, 0.3) is 0 Å². The van der Waals surface area contributed by atoms with Crippen LogP contribution in [-0.2, 0) is 14.0 Å². The van der Waals surface area contributed by atoms with Crippen LogP contribution in [0.5, 0.6) is 0 Å². The van der Waals surface area contributed by atoms with E-state index in [1.807, 2.05) is 0 Å². The molecule has 62 valence electrons. The number of rotatable bonds is 5. The lowest BCUT2D eigenvalue weighted by Gasteiger charge is -2.03. The molecule has 0 N–H and O–H groups in total. The van der Waals surface area contributed by atoms with Crippen molar-refractivity contribution in [3.05, 3.63) is 0 Å². The van der Waals surface area contributed by atoms with Crippen LogP contribution in [0.4, 0.5) is 0 Å². The quantitative estimate of drug-likeness (QED) is 0.218. The third kappa shape index (κ3) is 8.51. The monoisotopic (exact) mass is 205 g/mol. The topological polar surface area (TPSA) is 66.4 Å². The zero-order valence-electron chi connectivity index (χ0n) is 4.95. The van der Waals surface area contributed by atoms with Crippen LogP contribution in [0.3, 0.4) is 0 Å². The van der Waals surface area contributed by atoms with Crippen molar-refractivity contribution in [3.8, 4) is 0 Å². The average Bonchev–Trinajstić information content (AvgIpc) is 1.78. The lowest BCUT2D eigenvalue weighted by atomic mass is 10.6. The van der Waals surface area contributed by atoms with Gasteiger partial charge in [0.05, 0.1) is 0 Å². The van der Waals surface area contributed by atoms with Crippen molar-refractivity contribution < 1.29 is 16.6 Å². The van der Waals surface area contributed by atoms with Crippen molar-refractivity contribution in [2.75, 3.05) is 11.6 Å². The lowest BCUT2D eigenvalue weighted by Crippen LogP contribution is -1.98. The first kappa shape index (κ1) is 10.5. The molecule has 0 aliphatic rings. The van der Waals surface area contributed by atoms with Crippen LogP contribution >= 0.6 is 23.6 Å². The van der Waals surface area contributed by atoms with Crippen LogP contribution < -0.4 is 0 Å². The van der Waals surface area contributed by atoms with E-state index in [1.165, 1.54) is 0 Å². The summed E-state index contributed by atoms with van der Waals surface area (Å²) in [7, 11) is -4.53. The van der Waals surface area contributed by atoms with E-state index in [9.17, 15) is 13.0 Å². The van der Waals surface area contributed by atoms with E-state index in [1.54, 1.807) is 0 Å². The summed E-state index contributed by atoms with van der Waals surface area (Å²) in [5.74, 6) is 0.834. The third-order valence-corrected chi connectivity index (χ3v) is 2.27. The Labute approximate surface area is 69.1 Å². The summed E-state index contributed by atoms with van der Waals surface area (Å²) >= 11 is 5.85. The van der Waals surface area contributed by atoms with Crippen molar-refractivity contribution in [3.63, 3.8) is 0 Å². The van der Waals surface area contributed by atoms with Crippen LogP contribution in [0.1, 0.15) is 6.42 Å². The Morgan fingerprint density at radius 2 is 2.20 bits per heavy atom. The van der Waals surface area contributed by atoms with Gasteiger partial charge in [0.2, 0.25) is 10.4 Å². The molecule has 0 rings (SSSR count). The Hall–Kier alpha value is 0.510. The average molecular weight is 206 g/mol. The van der Waals surface area contributed by atoms with Crippen molar-refractivity contribution in [1.82, 2.24) is 0 Å². The van der Waals surface area contributed by atoms with Gasteiger partial charge in [-0.15, -0.1) is 11.6 Å². The summed E-state index contributed by atoms with van der Waals surface area (Å²) in [6, 6.07) is 0. The molecule has 0 amide bonds. The minimum Gasteiger partial charge on any atom is -0.725 e. The Balaban J connectivity index is 3.21. The fraction of sp³-hybridized carbons (Fsp3) is 1.00. The molecule has 10 heavy (non-hydrogen) atoms. The molecule has 0 saturated heterocycles. The standard InChI is InChI=1S/C3H7ClO4S2/c4-2-1-3-9-8-10(5,6)7/h1-3H2,(H,5,6,7)/p-1. The lowest BCUT2D eigenvalue weighted by molar-refractivity contribution is 0.391. The van der Waals surface area contributed by atoms with Crippen LogP contribution in [0, 0.1) is 0 Å². The zero-order valence-corrected chi connectivity index (χ0v) is 7.34. The summed E-state index contributed by atoms with van der Waals surface area (Å²) < 4.78 is 33.1. The maximum Gasteiger partial charge on any atom is 0.228 e. The molecule has 0 radical (unpaired) electrons. The SMILES string of the molecule is O=S(=O)([O-])OSCCCCl. The van der Waals surface area contributed by atoms with Gasteiger partial charge < -0.3 is 4.55 Å². The van der Waals surface area contributed by atoms with Crippen molar-refractivity contribution in [2.24, 2.45) is 0 Å². The third-order valence-electron chi connectivity index (χ3n) is 0.493. The van der Waals surface area contributed by atoms with Gasteiger partial charge in [0.1, 0.15) is 0 Å². The highest BCUT2D eigenvalue weighted by molar-refractivity contribution is 8.02. The Kier molecular flexibility index (Phi) is 5.46. The largest absolute Gasteiger partial charge is 0.725 e. The normalized spacial score (nSPS) is 11.8. The molecule has 0 bridgehead atoms. The summed E-state index contributed by atoms with van der Waals surface area (Å²) in [6.45, 7) is 0. The molecule has 0 atom stereocenters. The van der Waals surface area contributed by atoms with E-state index >= 15 is 0 Å². The highest BCUT2D eigenvalue weighted by atomic mass is 35.5. The molecule has 0 aromatic rings. The molecule has 0 aromatic carbocycles. The first-order valence-corrected chi connectivity index (χ1v) is 5.17. The number of alkyl halides is 1. The van der Waals surface area contributed by atoms with Gasteiger partial charge >= 0.3 is 0 Å². The van der Waals surface area contributed by atoms with Crippen LogP contribution in [0.15, 0.2) is 0 Å².